The summed E-state index contributed by atoms with van der Waals surface area (Å²) >= 11 is 3.34. The number of anilines is 3. The van der Waals surface area contributed by atoms with E-state index in [1.807, 2.05) is 24.3 Å². The van der Waals surface area contributed by atoms with Crippen molar-refractivity contribution in [2.45, 2.75) is 6.92 Å². The van der Waals surface area contributed by atoms with Crippen molar-refractivity contribution in [3.63, 3.8) is 0 Å². The van der Waals surface area contributed by atoms with Gasteiger partial charge in [-0.05, 0) is 42.5 Å². The molecule has 0 aliphatic carbocycles. The van der Waals surface area contributed by atoms with Crippen LogP contribution in [0.1, 0.15) is 12.5 Å². The first kappa shape index (κ1) is 14.1. The van der Waals surface area contributed by atoms with E-state index in [0.717, 1.165) is 21.5 Å². The fourth-order valence-electron chi connectivity index (χ4n) is 1.71. The minimum absolute atomic E-state index is 0.106. The van der Waals surface area contributed by atoms with Gasteiger partial charge in [0.05, 0.1) is 11.3 Å². The highest BCUT2D eigenvalue weighted by Gasteiger charge is 2.03. The molecule has 0 fully saturated rings. The summed E-state index contributed by atoms with van der Waals surface area (Å²) in [7, 11) is 0. The number of rotatable bonds is 3. The minimum atomic E-state index is -0.106. The summed E-state index contributed by atoms with van der Waals surface area (Å²) in [6.07, 6.45) is 0. The average molecular weight is 330 g/mol. The maximum absolute atomic E-state index is 10.9. The fourth-order valence-corrected chi connectivity index (χ4v) is 2.07. The summed E-state index contributed by atoms with van der Waals surface area (Å²) in [6, 6.07) is 14.9. The Morgan fingerprint density at radius 3 is 2.40 bits per heavy atom. The van der Waals surface area contributed by atoms with Crippen LogP contribution in [0.2, 0.25) is 0 Å². The number of benzene rings is 2. The molecule has 0 saturated carbocycles. The molecule has 0 unspecified atom stereocenters. The van der Waals surface area contributed by atoms with Crippen LogP contribution < -0.4 is 10.6 Å². The molecule has 4 nitrogen and oxygen atoms in total. The molecule has 0 spiro atoms. The number of hydrogen-bond donors (Lipinski definition) is 2. The van der Waals surface area contributed by atoms with Crippen molar-refractivity contribution in [1.82, 2.24) is 0 Å². The van der Waals surface area contributed by atoms with Crippen LogP contribution in [-0.4, -0.2) is 5.91 Å². The van der Waals surface area contributed by atoms with Gasteiger partial charge in [-0.1, -0.05) is 15.9 Å². The number of hydrogen-bond acceptors (Lipinski definition) is 3. The second-order valence-electron chi connectivity index (χ2n) is 4.19. The monoisotopic (exact) mass is 329 g/mol. The van der Waals surface area contributed by atoms with Gasteiger partial charge >= 0.3 is 0 Å². The van der Waals surface area contributed by atoms with Crippen molar-refractivity contribution >= 4 is 38.9 Å². The number of carbonyl (C=O) groups excluding carboxylic acids is 1. The third kappa shape index (κ3) is 3.59. The van der Waals surface area contributed by atoms with E-state index in [0.29, 0.717) is 5.56 Å². The lowest BCUT2D eigenvalue weighted by Crippen LogP contribution is -2.05. The van der Waals surface area contributed by atoms with Gasteiger partial charge in [-0.3, -0.25) is 4.79 Å². The standard InChI is InChI=1S/C15H12BrN3O/c1-10(20)18-13-3-5-14(6-4-13)19-15-7-2-12(16)8-11(15)9-17/h2-8,19H,1H3,(H,18,20). The van der Waals surface area contributed by atoms with Crippen LogP contribution in [0.4, 0.5) is 17.1 Å². The third-order valence-electron chi connectivity index (χ3n) is 2.59. The van der Waals surface area contributed by atoms with Crippen molar-refractivity contribution in [2.24, 2.45) is 0 Å². The van der Waals surface area contributed by atoms with E-state index < -0.39 is 0 Å². The van der Waals surface area contributed by atoms with Gasteiger partial charge in [-0.25, -0.2) is 0 Å². The Labute approximate surface area is 125 Å². The number of nitrogens with one attached hydrogen (secondary N) is 2. The molecule has 0 aliphatic rings. The molecule has 2 aromatic rings. The predicted octanol–water partition coefficient (Wildman–Crippen LogP) is 4.02. The van der Waals surface area contributed by atoms with E-state index in [-0.39, 0.29) is 5.91 Å². The van der Waals surface area contributed by atoms with E-state index in [9.17, 15) is 4.79 Å². The molecular weight excluding hydrogens is 318 g/mol. The summed E-state index contributed by atoms with van der Waals surface area (Å²) in [6.45, 7) is 1.47. The molecule has 2 aromatic carbocycles. The second kappa shape index (κ2) is 6.22. The molecular formula is C15H12BrN3O. The van der Waals surface area contributed by atoms with E-state index in [1.54, 1.807) is 18.2 Å². The third-order valence-corrected chi connectivity index (χ3v) is 3.08. The zero-order valence-electron chi connectivity index (χ0n) is 10.8. The first-order valence-electron chi connectivity index (χ1n) is 5.93. The lowest BCUT2D eigenvalue weighted by atomic mass is 10.2. The Morgan fingerprint density at radius 2 is 1.80 bits per heavy atom. The highest BCUT2D eigenvalue weighted by Crippen LogP contribution is 2.24. The van der Waals surface area contributed by atoms with E-state index in [2.05, 4.69) is 32.6 Å². The molecule has 20 heavy (non-hydrogen) atoms. The predicted molar refractivity (Wildman–Crippen MR) is 82.9 cm³/mol. The number of nitrogens with zero attached hydrogens (tertiary/aromatic N) is 1. The Kier molecular flexibility index (Phi) is 4.38. The molecule has 100 valence electrons. The Balaban J connectivity index is 2.18. The van der Waals surface area contributed by atoms with Crippen LogP contribution in [0.25, 0.3) is 0 Å². The first-order valence-corrected chi connectivity index (χ1v) is 6.72. The van der Waals surface area contributed by atoms with Gasteiger partial charge in [-0.2, -0.15) is 5.26 Å². The second-order valence-corrected chi connectivity index (χ2v) is 5.10. The van der Waals surface area contributed by atoms with Crippen LogP contribution in [0.5, 0.6) is 0 Å². The molecule has 0 radical (unpaired) electrons. The van der Waals surface area contributed by atoms with Gasteiger partial charge in [0.15, 0.2) is 0 Å². The molecule has 0 aliphatic heterocycles. The van der Waals surface area contributed by atoms with E-state index in [1.165, 1.54) is 6.92 Å². The number of halogens is 1. The SMILES string of the molecule is CC(=O)Nc1ccc(Nc2ccc(Br)cc2C#N)cc1. The van der Waals surface area contributed by atoms with Gasteiger partial charge in [0.1, 0.15) is 6.07 Å². The van der Waals surface area contributed by atoms with Gasteiger partial charge in [-0.15, -0.1) is 0 Å². The zero-order chi connectivity index (χ0) is 14.5. The average Bonchev–Trinajstić information content (AvgIpc) is 2.42. The molecule has 2 N–H and O–H groups in total. The van der Waals surface area contributed by atoms with Gasteiger partial charge in [0.25, 0.3) is 0 Å². The highest BCUT2D eigenvalue weighted by atomic mass is 79.9. The quantitative estimate of drug-likeness (QED) is 0.893. The fraction of sp³-hybridized carbons (Fsp3) is 0.0667. The molecule has 1 amide bonds. The van der Waals surface area contributed by atoms with Gasteiger partial charge < -0.3 is 10.6 Å². The molecule has 0 heterocycles. The summed E-state index contributed by atoms with van der Waals surface area (Å²) < 4.78 is 0.862. The Hall–Kier alpha value is -2.32. The zero-order valence-corrected chi connectivity index (χ0v) is 12.4. The van der Waals surface area contributed by atoms with E-state index >= 15 is 0 Å². The molecule has 0 saturated heterocycles. The van der Waals surface area contributed by atoms with Crippen LogP contribution in [0.3, 0.4) is 0 Å². The maximum atomic E-state index is 10.9. The summed E-state index contributed by atoms with van der Waals surface area (Å²) in [4.78, 5) is 10.9. The van der Waals surface area contributed by atoms with E-state index in [4.69, 9.17) is 5.26 Å². The lowest BCUT2D eigenvalue weighted by Gasteiger charge is -2.09. The largest absolute Gasteiger partial charge is 0.354 e. The maximum Gasteiger partial charge on any atom is 0.221 e. The van der Waals surface area contributed by atoms with Crippen molar-refractivity contribution in [3.8, 4) is 6.07 Å². The van der Waals surface area contributed by atoms with Crippen LogP contribution in [-0.2, 0) is 4.79 Å². The Morgan fingerprint density at radius 1 is 1.15 bits per heavy atom. The van der Waals surface area contributed by atoms with Crippen LogP contribution in [0.15, 0.2) is 46.9 Å². The minimum Gasteiger partial charge on any atom is -0.354 e. The Bertz CT molecular complexity index is 675. The van der Waals surface area contributed by atoms with Gasteiger partial charge in [0, 0.05) is 22.8 Å². The molecule has 0 bridgehead atoms. The van der Waals surface area contributed by atoms with Crippen molar-refractivity contribution in [2.75, 3.05) is 10.6 Å². The highest BCUT2D eigenvalue weighted by molar-refractivity contribution is 9.10. The number of carbonyl (C=O) groups is 1. The van der Waals surface area contributed by atoms with Crippen molar-refractivity contribution < 1.29 is 4.79 Å². The summed E-state index contributed by atoms with van der Waals surface area (Å²) in [5, 5.41) is 15.0. The number of amides is 1. The number of nitriles is 1. The molecule has 0 atom stereocenters. The molecule has 5 heteroatoms. The van der Waals surface area contributed by atoms with Crippen molar-refractivity contribution in [3.05, 3.63) is 52.5 Å². The van der Waals surface area contributed by atoms with Crippen molar-refractivity contribution in [1.29, 1.82) is 5.26 Å². The van der Waals surface area contributed by atoms with Crippen LogP contribution >= 0.6 is 15.9 Å². The topological polar surface area (TPSA) is 64.9 Å². The smallest absolute Gasteiger partial charge is 0.221 e. The molecule has 2 rings (SSSR count). The molecule has 0 aromatic heterocycles. The summed E-state index contributed by atoms with van der Waals surface area (Å²) in [5.74, 6) is -0.106. The van der Waals surface area contributed by atoms with Crippen LogP contribution in [0, 0.1) is 11.3 Å². The normalized spacial score (nSPS) is 9.65. The first-order chi connectivity index (χ1) is 9.58. The van der Waals surface area contributed by atoms with Gasteiger partial charge in [0.2, 0.25) is 5.91 Å². The lowest BCUT2D eigenvalue weighted by molar-refractivity contribution is -0.114. The summed E-state index contributed by atoms with van der Waals surface area (Å²) in [5.41, 5.74) is 2.88.